The summed E-state index contributed by atoms with van der Waals surface area (Å²) in [6, 6.07) is -0.567. The number of Topliss-reactive ketones (excluding diaryl/α,β-unsaturated/α-hetero) is 1. The van der Waals surface area contributed by atoms with E-state index in [-0.39, 0.29) is 17.6 Å². The first-order chi connectivity index (χ1) is 8.99. The van der Waals surface area contributed by atoms with E-state index >= 15 is 0 Å². The number of amides is 1. The van der Waals surface area contributed by atoms with Crippen molar-refractivity contribution in [2.45, 2.75) is 19.4 Å². The third kappa shape index (κ3) is 2.22. The van der Waals surface area contributed by atoms with Crippen LogP contribution in [-0.4, -0.2) is 49.6 Å². The zero-order chi connectivity index (χ0) is 14.2. The zero-order valence-corrected chi connectivity index (χ0v) is 11.2. The number of ether oxygens (including phenoxy) is 2. The number of piperidine rings is 1. The van der Waals surface area contributed by atoms with Crippen molar-refractivity contribution in [2.24, 2.45) is 11.8 Å². The molecule has 2 aliphatic heterocycles. The Morgan fingerprint density at radius 1 is 1.26 bits per heavy atom. The van der Waals surface area contributed by atoms with Gasteiger partial charge in [-0.1, -0.05) is 6.08 Å². The first-order valence-corrected chi connectivity index (χ1v) is 6.14. The fourth-order valence-electron chi connectivity index (χ4n) is 2.97. The molecule has 0 spiro atoms. The molecule has 1 amide bonds. The average Bonchev–Trinajstić information content (AvgIpc) is 2.44. The summed E-state index contributed by atoms with van der Waals surface area (Å²) < 4.78 is 9.46. The van der Waals surface area contributed by atoms with Crippen LogP contribution in [0.2, 0.25) is 0 Å². The van der Waals surface area contributed by atoms with Crippen LogP contribution in [0.25, 0.3) is 0 Å². The Labute approximate surface area is 111 Å². The van der Waals surface area contributed by atoms with Crippen LogP contribution < -0.4 is 0 Å². The van der Waals surface area contributed by atoms with Gasteiger partial charge in [-0.15, -0.1) is 0 Å². The molecule has 3 rings (SSSR count). The first-order valence-electron chi connectivity index (χ1n) is 6.14. The smallest absolute Gasteiger partial charge is 0.410 e. The summed E-state index contributed by atoms with van der Waals surface area (Å²) in [5.74, 6) is -0.892. The number of esters is 1. The molecule has 6 nitrogen and oxygen atoms in total. The minimum Gasteiger partial charge on any atom is -0.466 e. The number of methoxy groups -OCH3 is 2. The molecule has 104 valence electrons. The summed E-state index contributed by atoms with van der Waals surface area (Å²) in [5.41, 5.74) is 0.385. The van der Waals surface area contributed by atoms with Crippen molar-refractivity contribution in [3.05, 3.63) is 11.6 Å². The van der Waals surface area contributed by atoms with Crippen molar-refractivity contribution < 1.29 is 23.9 Å². The summed E-state index contributed by atoms with van der Waals surface area (Å²) in [4.78, 5) is 36.8. The molecule has 0 saturated carbocycles. The highest BCUT2D eigenvalue weighted by molar-refractivity contribution is 5.94. The van der Waals surface area contributed by atoms with Crippen LogP contribution in [0.5, 0.6) is 0 Å². The Kier molecular flexibility index (Phi) is 3.59. The summed E-state index contributed by atoms with van der Waals surface area (Å²) >= 11 is 0. The molecule has 0 aromatic rings. The molecule has 0 radical (unpaired) electrons. The van der Waals surface area contributed by atoms with Gasteiger partial charge in [-0.2, -0.15) is 0 Å². The molecule has 0 unspecified atom stereocenters. The molecule has 0 N–H and O–H groups in total. The van der Waals surface area contributed by atoms with E-state index in [9.17, 15) is 14.4 Å². The highest BCUT2D eigenvalue weighted by atomic mass is 16.5. The number of hydrogen-bond acceptors (Lipinski definition) is 5. The van der Waals surface area contributed by atoms with Gasteiger partial charge in [0.15, 0.2) is 0 Å². The van der Waals surface area contributed by atoms with Gasteiger partial charge >= 0.3 is 12.1 Å². The minimum absolute atomic E-state index is 0.00731. The highest BCUT2D eigenvalue weighted by Crippen LogP contribution is 2.39. The Bertz CT molecular complexity index is 456. The van der Waals surface area contributed by atoms with Gasteiger partial charge in [0.2, 0.25) is 0 Å². The van der Waals surface area contributed by atoms with Crippen molar-refractivity contribution in [1.29, 1.82) is 0 Å². The SMILES string of the molecule is COC(=O)C1=C[C@@H]2C[C@H](C(C)=O)[C@H]1N(C(=O)OC)C2. The summed E-state index contributed by atoms with van der Waals surface area (Å²) in [7, 11) is 2.58. The van der Waals surface area contributed by atoms with Gasteiger partial charge < -0.3 is 9.47 Å². The van der Waals surface area contributed by atoms with Gasteiger partial charge in [0, 0.05) is 12.5 Å². The fraction of sp³-hybridized carbons (Fsp3) is 0.615. The maximum absolute atomic E-state index is 11.8. The van der Waals surface area contributed by atoms with Crippen LogP contribution in [-0.2, 0) is 19.1 Å². The lowest BCUT2D eigenvalue weighted by Crippen LogP contribution is -2.57. The number of hydrogen-bond donors (Lipinski definition) is 0. The maximum Gasteiger partial charge on any atom is 0.410 e. The van der Waals surface area contributed by atoms with Crippen LogP contribution in [0.15, 0.2) is 11.6 Å². The van der Waals surface area contributed by atoms with Gasteiger partial charge in [-0.25, -0.2) is 9.59 Å². The first kappa shape index (κ1) is 13.6. The number of carbonyl (C=O) groups is 3. The maximum atomic E-state index is 11.8. The van der Waals surface area contributed by atoms with E-state index < -0.39 is 18.1 Å². The second-order valence-corrected chi connectivity index (χ2v) is 4.89. The Morgan fingerprint density at radius 2 is 1.95 bits per heavy atom. The molecular formula is C13H17NO5. The fourth-order valence-corrected chi connectivity index (χ4v) is 2.97. The van der Waals surface area contributed by atoms with Crippen molar-refractivity contribution in [1.82, 2.24) is 4.90 Å². The second kappa shape index (κ2) is 5.03. The summed E-state index contributed by atoms with van der Waals surface area (Å²) in [6.45, 7) is 1.96. The molecule has 0 aromatic carbocycles. The predicted molar refractivity (Wildman–Crippen MR) is 65.3 cm³/mol. The summed E-state index contributed by atoms with van der Waals surface area (Å²) in [5, 5.41) is 0. The molecular weight excluding hydrogens is 250 g/mol. The van der Waals surface area contributed by atoms with E-state index in [1.807, 2.05) is 6.08 Å². The molecule has 3 aliphatic rings. The molecule has 0 aromatic heterocycles. The standard InChI is InChI=1S/C13H17NO5/c1-7(15)9-4-8-5-10(12(16)18-2)11(9)14(6-8)13(17)19-3/h5,8-9,11H,4,6H2,1-3H3/t8-,9+,11+/m0/s1. The lowest BCUT2D eigenvalue weighted by atomic mass is 9.72. The van der Waals surface area contributed by atoms with Crippen LogP contribution in [0, 0.1) is 11.8 Å². The van der Waals surface area contributed by atoms with Crippen molar-refractivity contribution >= 4 is 17.8 Å². The largest absolute Gasteiger partial charge is 0.466 e. The minimum atomic E-state index is -0.567. The van der Waals surface area contributed by atoms with E-state index in [4.69, 9.17) is 9.47 Å². The number of nitrogens with zero attached hydrogens (tertiary/aromatic N) is 1. The number of fused-ring (bicyclic) bond motifs is 2. The zero-order valence-electron chi connectivity index (χ0n) is 11.2. The van der Waals surface area contributed by atoms with Crippen LogP contribution >= 0.6 is 0 Å². The number of rotatable bonds is 2. The van der Waals surface area contributed by atoms with Crippen LogP contribution in [0.1, 0.15) is 13.3 Å². The average molecular weight is 267 g/mol. The third-order valence-electron chi connectivity index (χ3n) is 3.79. The summed E-state index contributed by atoms with van der Waals surface area (Å²) in [6.07, 6.45) is 1.96. The second-order valence-electron chi connectivity index (χ2n) is 4.89. The van der Waals surface area contributed by atoms with Crippen LogP contribution in [0.4, 0.5) is 4.79 Å². The Morgan fingerprint density at radius 3 is 2.47 bits per heavy atom. The van der Waals surface area contributed by atoms with Crippen molar-refractivity contribution in [3.8, 4) is 0 Å². The molecule has 1 saturated heterocycles. The van der Waals surface area contributed by atoms with E-state index in [1.165, 1.54) is 26.0 Å². The van der Waals surface area contributed by atoms with E-state index in [2.05, 4.69) is 0 Å². The van der Waals surface area contributed by atoms with Gasteiger partial charge in [0.1, 0.15) is 5.78 Å². The Balaban J connectivity index is 2.39. The monoisotopic (exact) mass is 267 g/mol. The van der Waals surface area contributed by atoms with Crippen molar-refractivity contribution in [2.75, 3.05) is 20.8 Å². The number of ketones is 1. The predicted octanol–water partition coefficient (Wildman–Crippen LogP) is 0.761. The normalized spacial score (nSPS) is 28.7. The van der Waals surface area contributed by atoms with Gasteiger partial charge in [-0.3, -0.25) is 9.69 Å². The van der Waals surface area contributed by atoms with Crippen molar-refractivity contribution in [3.63, 3.8) is 0 Å². The molecule has 2 heterocycles. The lowest BCUT2D eigenvalue weighted by Gasteiger charge is -2.46. The molecule has 3 atom stereocenters. The van der Waals surface area contributed by atoms with Crippen LogP contribution in [0.3, 0.4) is 0 Å². The van der Waals surface area contributed by atoms with Gasteiger partial charge in [0.05, 0.1) is 25.8 Å². The molecule has 19 heavy (non-hydrogen) atoms. The molecule has 6 heteroatoms. The van der Waals surface area contributed by atoms with E-state index in [0.717, 1.165) is 0 Å². The number of carbonyl (C=O) groups excluding carboxylic acids is 3. The third-order valence-corrected chi connectivity index (χ3v) is 3.79. The highest BCUT2D eigenvalue weighted by Gasteiger charge is 2.48. The molecule has 1 fully saturated rings. The lowest BCUT2D eigenvalue weighted by molar-refractivity contribution is -0.138. The Hall–Kier alpha value is -1.85. The van der Waals surface area contributed by atoms with E-state index in [1.54, 1.807) is 0 Å². The van der Waals surface area contributed by atoms with Gasteiger partial charge in [0.25, 0.3) is 0 Å². The molecule has 1 aliphatic carbocycles. The quantitative estimate of drug-likeness (QED) is 0.691. The van der Waals surface area contributed by atoms with Gasteiger partial charge in [-0.05, 0) is 19.3 Å². The van der Waals surface area contributed by atoms with E-state index in [0.29, 0.717) is 18.5 Å². The topological polar surface area (TPSA) is 72.9 Å². The molecule has 2 bridgehead atoms.